The molecule has 1 unspecified atom stereocenters. The highest BCUT2D eigenvalue weighted by molar-refractivity contribution is 7.13. The van der Waals surface area contributed by atoms with Crippen LogP contribution in [0.3, 0.4) is 0 Å². The Labute approximate surface area is 221 Å². The first-order chi connectivity index (χ1) is 17.3. The van der Waals surface area contributed by atoms with Gasteiger partial charge in [0.05, 0.1) is 28.7 Å². The molecule has 1 aromatic carbocycles. The number of esters is 1. The molecule has 0 aliphatic carbocycles. The number of aryl methyl sites for hydroxylation is 1. The molecule has 1 aromatic heterocycles. The van der Waals surface area contributed by atoms with Crippen LogP contribution in [0.2, 0.25) is 0 Å². The molecule has 0 spiro atoms. The number of nitrogens with two attached hydrogens (primary N) is 1. The van der Waals surface area contributed by atoms with Crippen molar-refractivity contribution >= 4 is 35.2 Å². The van der Waals surface area contributed by atoms with Crippen molar-refractivity contribution in [2.75, 3.05) is 6.54 Å². The van der Waals surface area contributed by atoms with Crippen molar-refractivity contribution in [1.82, 2.24) is 20.5 Å². The summed E-state index contributed by atoms with van der Waals surface area (Å²) < 4.78 is 5.34. The second-order valence-corrected chi connectivity index (χ2v) is 11.3. The molecule has 4 atom stereocenters. The van der Waals surface area contributed by atoms with Crippen molar-refractivity contribution in [1.29, 1.82) is 0 Å². The lowest BCUT2D eigenvalue weighted by Crippen LogP contribution is -2.58. The average molecular weight is 530 g/mol. The second-order valence-electron chi connectivity index (χ2n) is 10.4. The Morgan fingerprint density at radius 3 is 2.32 bits per heavy atom. The fourth-order valence-corrected chi connectivity index (χ4v) is 5.27. The molecule has 11 heteroatoms. The SMILES string of the molecule is CC(=O)O[C@@H]1C[C@@H](C(=O)N[C@@H](C)c2ccc(-c3scnc3C)cc2)N(C(=O)C(NC(N)=O)C(C)(C)C)C1. The molecular formula is C26H35N5O5S. The molecule has 1 fully saturated rings. The summed E-state index contributed by atoms with van der Waals surface area (Å²) in [6.07, 6.45) is -0.482. The van der Waals surface area contributed by atoms with Gasteiger partial charge in [-0.1, -0.05) is 45.0 Å². The van der Waals surface area contributed by atoms with Gasteiger partial charge >= 0.3 is 12.0 Å². The molecule has 0 saturated carbocycles. The standard InChI is InChI=1S/C26H35N5O5S/c1-14(17-7-9-18(10-8-17)21-15(2)28-13-37-21)29-23(33)20-11-19(36-16(3)32)12-31(20)24(34)22(26(4,5)6)30-25(27)35/h7-10,13-14,19-20,22H,11-12H2,1-6H3,(H,29,33)(H3,27,30,35)/t14-,19+,20-,22?/m0/s1. The summed E-state index contributed by atoms with van der Waals surface area (Å²) in [4.78, 5) is 56.9. The van der Waals surface area contributed by atoms with E-state index in [-0.39, 0.29) is 24.9 Å². The Bertz CT molecular complexity index is 1160. The highest BCUT2D eigenvalue weighted by Gasteiger charge is 2.46. The predicted octanol–water partition coefficient (Wildman–Crippen LogP) is 2.91. The maximum atomic E-state index is 13.5. The number of hydrogen-bond acceptors (Lipinski definition) is 7. The van der Waals surface area contributed by atoms with Crippen molar-refractivity contribution in [3.05, 3.63) is 41.0 Å². The quantitative estimate of drug-likeness (QED) is 0.471. The van der Waals surface area contributed by atoms with Gasteiger partial charge in [-0.25, -0.2) is 9.78 Å². The van der Waals surface area contributed by atoms with Crippen LogP contribution in [0.5, 0.6) is 0 Å². The normalized spacial score (nSPS) is 19.1. The third kappa shape index (κ3) is 6.85. The lowest BCUT2D eigenvalue weighted by molar-refractivity contribution is -0.147. The number of urea groups is 1. The summed E-state index contributed by atoms with van der Waals surface area (Å²) >= 11 is 1.57. The monoisotopic (exact) mass is 529 g/mol. The Balaban J connectivity index is 1.78. The van der Waals surface area contributed by atoms with E-state index in [1.807, 2.05) is 43.6 Å². The molecule has 4 N–H and O–H groups in total. The number of carbonyl (C=O) groups is 4. The largest absolute Gasteiger partial charge is 0.461 e. The number of benzene rings is 1. The molecule has 10 nitrogen and oxygen atoms in total. The number of hydrogen-bond donors (Lipinski definition) is 3. The summed E-state index contributed by atoms with van der Waals surface area (Å²) in [5.41, 5.74) is 9.37. The molecular weight excluding hydrogens is 494 g/mol. The molecule has 2 aromatic rings. The molecule has 1 saturated heterocycles. The van der Waals surface area contributed by atoms with Gasteiger partial charge in [-0.05, 0) is 30.4 Å². The van der Waals surface area contributed by atoms with Crippen molar-refractivity contribution in [2.24, 2.45) is 11.1 Å². The van der Waals surface area contributed by atoms with Crippen LogP contribution in [0.15, 0.2) is 29.8 Å². The van der Waals surface area contributed by atoms with E-state index in [0.29, 0.717) is 0 Å². The first-order valence-corrected chi connectivity index (χ1v) is 13.0. The highest BCUT2D eigenvalue weighted by Crippen LogP contribution is 2.30. The first-order valence-electron chi connectivity index (χ1n) is 12.1. The Hall–Kier alpha value is -3.47. The zero-order valence-electron chi connectivity index (χ0n) is 22.0. The molecule has 1 aliphatic rings. The third-order valence-corrected chi connectivity index (χ3v) is 7.34. The van der Waals surface area contributed by atoms with Gasteiger partial charge in [-0.2, -0.15) is 0 Å². The number of ether oxygens (including phenoxy) is 1. The smallest absolute Gasteiger partial charge is 0.312 e. The Morgan fingerprint density at radius 1 is 1.16 bits per heavy atom. The zero-order valence-corrected chi connectivity index (χ0v) is 22.8. The minimum absolute atomic E-state index is 0.0425. The van der Waals surface area contributed by atoms with E-state index in [2.05, 4.69) is 15.6 Å². The van der Waals surface area contributed by atoms with Crippen LogP contribution in [0.25, 0.3) is 10.4 Å². The highest BCUT2D eigenvalue weighted by atomic mass is 32.1. The lowest BCUT2D eigenvalue weighted by Gasteiger charge is -2.35. The van der Waals surface area contributed by atoms with E-state index >= 15 is 0 Å². The molecule has 2 heterocycles. The van der Waals surface area contributed by atoms with Gasteiger partial charge in [0.2, 0.25) is 11.8 Å². The third-order valence-electron chi connectivity index (χ3n) is 6.36. The van der Waals surface area contributed by atoms with Crippen LogP contribution in [0.4, 0.5) is 4.79 Å². The number of nitrogens with zero attached hydrogens (tertiary/aromatic N) is 2. The average Bonchev–Trinajstić information content (AvgIpc) is 3.42. The van der Waals surface area contributed by atoms with Gasteiger partial charge < -0.3 is 26.0 Å². The zero-order chi connectivity index (χ0) is 27.5. The van der Waals surface area contributed by atoms with Crippen LogP contribution in [-0.4, -0.2) is 58.4 Å². The summed E-state index contributed by atoms with van der Waals surface area (Å²) in [5, 5.41) is 5.49. The van der Waals surface area contributed by atoms with Gasteiger partial charge in [0.1, 0.15) is 18.2 Å². The molecule has 3 rings (SSSR count). The van der Waals surface area contributed by atoms with E-state index in [1.54, 1.807) is 32.1 Å². The van der Waals surface area contributed by atoms with Crippen LogP contribution >= 0.6 is 11.3 Å². The van der Waals surface area contributed by atoms with Gasteiger partial charge in [0.15, 0.2) is 0 Å². The van der Waals surface area contributed by atoms with E-state index < -0.39 is 41.5 Å². The summed E-state index contributed by atoms with van der Waals surface area (Å²) in [6.45, 7) is 10.5. The van der Waals surface area contributed by atoms with Gasteiger partial charge in [-0.15, -0.1) is 11.3 Å². The van der Waals surface area contributed by atoms with Crippen LogP contribution < -0.4 is 16.4 Å². The molecule has 0 radical (unpaired) electrons. The minimum Gasteiger partial charge on any atom is -0.461 e. The number of nitrogens with one attached hydrogen (secondary N) is 2. The van der Waals surface area contributed by atoms with E-state index in [9.17, 15) is 19.2 Å². The van der Waals surface area contributed by atoms with Gasteiger partial charge in [-0.3, -0.25) is 14.4 Å². The topological polar surface area (TPSA) is 144 Å². The van der Waals surface area contributed by atoms with E-state index in [0.717, 1.165) is 21.7 Å². The Morgan fingerprint density at radius 2 is 1.81 bits per heavy atom. The minimum atomic E-state index is -0.962. The summed E-state index contributed by atoms with van der Waals surface area (Å²) in [7, 11) is 0. The summed E-state index contributed by atoms with van der Waals surface area (Å²) in [6, 6.07) is 4.87. The van der Waals surface area contributed by atoms with Crippen LogP contribution in [-0.2, 0) is 19.1 Å². The number of amides is 4. The number of thiazole rings is 1. The van der Waals surface area contributed by atoms with Crippen molar-refractivity contribution < 1.29 is 23.9 Å². The first kappa shape index (κ1) is 28.1. The number of likely N-dealkylation sites (tertiary alicyclic amines) is 1. The van der Waals surface area contributed by atoms with Gasteiger partial charge in [0, 0.05) is 13.3 Å². The van der Waals surface area contributed by atoms with Crippen molar-refractivity contribution in [3.8, 4) is 10.4 Å². The van der Waals surface area contributed by atoms with Crippen molar-refractivity contribution in [2.45, 2.75) is 72.2 Å². The van der Waals surface area contributed by atoms with Crippen molar-refractivity contribution in [3.63, 3.8) is 0 Å². The number of rotatable bonds is 7. The maximum absolute atomic E-state index is 13.5. The summed E-state index contributed by atoms with van der Waals surface area (Å²) in [5.74, 6) is -1.33. The fourth-order valence-electron chi connectivity index (χ4n) is 4.46. The Kier molecular flexibility index (Phi) is 8.57. The van der Waals surface area contributed by atoms with Crippen LogP contribution in [0, 0.1) is 12.3 Å². The molecule has 1 aliphatic heterocycles. The predicted molar refractivity (Wildman–Crippen MR) is 140 cm³/mol. The van der Waals surface area contributed by atoms with Gasteiger partial charge in [0.25, 0.3) is 0 Å². The maximum Gasteiger partial charge on any atom is 0.312 e. The van der Waals surface area contributed by atoms with E-state index in [4.69, 9.17) is 10.5 Å². The number of aromatic nitrogens is 1. The molecule has 37 heavy (non-hydrogen) atoms. The lowest BCUT2D eigenvalue weighted by atomic mass is 9.85. The second kappa shape index (κ2) is 11.3. The van der Waals surface area contributed by atoms with Crippen LogP contribution in [0.1, 0.15) is 58.3 Å². The molecule has 200 valence electrons. The number of carbonyl (C=O) groups excluding carboxylic acids is 4. The molecule has 4 amide bonds. The number of primary amides is 1. The molecule has 0 bridgehead atoms. The fraction of sp³-hybridized carbons (Fsp3) is 0.500. The van der Waals surface area contributed by atoms with E-state index in [1.165, 1.54) is 11.8 Å².